The van der Waals surface area contributed by atoms with Gasteiger partial charge in [-0.1, -0.05) is 42.5 Å². The monoisotopic (exact) mass is 430 g/mol. The predicted molar refractivity (Wildman–Crippen MR) is 120 cm³/mol. The van der Waals surface area contributed by atoms with E-state index in [0.717, 1.165) is 0 Å². The van der Waals surface area contributed by atoms with Gasteiger partial charge in [-0.05, 0) is 36.4 Å². The molecule has 3 aromatic carbocycles. The van der Waals surface area contributed by atoms with Gasteiger partial charge in [0.25, 0.3) is 11.8 Å². The minimum atomic E-state index is -0.463. The molecule has 0 radical (unpaired) electrons. The van der Waals surface area contributed by atoms with Gasteiger partial charge in [-0.15, -0.1) is 0 Å². The number of hydrogen-bond acceptors (Lipinski definition) is 5. The minimum Gasteiger partial charge on any atom is -0.497 e. The van der Waals surface area contributed by atoms with Crippen LogP contribution in [0.2, 0.25) is 0 Å². The van der Waals surface area contributed by atoms with Crippen molar-refractivity contribution >= 4 is 23.6 Å². The second-order valence-electron chi connectivity index (χ2n) is 6.89. The van der Waals surface area contributed by atoms with Gasteiger partial charge in [-0.3, -0.25) is 15.0 Å². The number of amides is 2. The molecular formula is C25H22N2O5. The fourth-order valence-corrected chi connectivity index (χ4v) is 3.21. The number of ether oxygens (including phenoxy) is 3. The quantitative estimate of drug-likeness (QED) is 0.336. The van der Waals surface area contributed by atoms with Gasteiger partial charge in [0, 0.05) is 11.6 Å². The zero-order chi connectivity index (χ0) is 22.3. The van der Waals surface area contributed by atoms with Crippen LogP contribution in [0.1, 0.15) is 5.56 Å². The summed E-state index contributed by atoms with van der Waals surface area (Å²) in [6, 6.07) is 23.5. The number of hydrazine groups is 1. The minimum absolute atomic E-state index is 0.0394. The molecule has 1 aliphatic heterocycles. The Bertz CT molecular complexity index is 1140. The fourth-order valence-electron chi connectivity index (χ4n) is 3.21. The molecule has 1 N–H and O–H groups in total. The second kappa shape index (κ2) is 9.70. The fraction of sp³-hybridized carbons (Fsp3) is 0.120. The lowest BCUT2D eigenvalue weighted by Crippen LogP contribution is -2.35. The van der Waals surface area contributed by atoms with Gasteiger partial charge in [0.2, 0.25) is 0 Å². The zero-order valence-electron chi connectivity index (χ0n) is 17.5. The molecule has 7 heteroatoms. The first-order chi connectivity index (χ1) is 15.7. The van der Waals surface area contributed by atoms with E-state index in [9.17, 15) is 9.59 Å². The standard InChI is InChI=1S/C25H22N2O5/c1-30-20-11-7-12-21(17-20)31-14-15-32-23-13-6-5-8-18(23)16-22-24(28)26-27(25(22)29)19-9-3-2-4-10-19/h2-13,16-17H,14-15H2,1H3,(H,26,28). The zero-order valence-corrected chi connectivity index (χ0v) is 17.5. The van der Waals surface area contributed by atoms with Crippen molar-refractivity contribution in [2.75, 3.05) is 25.3 Å². The Morgan fingerprint density at radius 2 is 1.56 bits per heavy atom. The SMILES string of the molecule is COc1cccc(OCCOc2ccccc2C=C2C(=O)NN(c3ccccc3)C2=O)c1. The summed E-state index contributed by atoms with van der Waals surface area (Å²) in [6.45, 7) is 0.604. The van der Waals surface area contributed by atoms with Crippen molar-refractivity contribution in [1.29, 1.82) is 0 Å². The second-order valence-corrected chi connectivity index (χ2v) is 6.89. The maximum absolute atomic E-state index is 12.8. The molecule has 32 heavy (non-hydrogen) atoms. The van der Waals surface area contributed by atoms with Crippen LogP contribution in [0.3, 0.4) is 0 Å². The Labute approximate surface area is 185 Å². The van der Waals surface area contributed by atoms with Gasteiger partial charge in [0.1, 0.15) is 36.0 Å². The highest BCUT2D eigenvalue weighted by Gasteiger charge is 2.34. The van der Waals surface area contributed by atoms with Crippen LogP contribution >= 0.6 is 0 Å². The average molecular weight is 430 g/mol. The van der Waals surface area contributed by atoms with Crippen molar-refractivity contribution in [3.63, 3.8) is 0 Å². The van der Waals surface area contributed by atoms with E-state index >= 15 is 0 Å². The molecule has 3 aromatic rings. The molecule has 2 amide bonds. The number of carbonyl (C=O) groups excluding carboxylic acids is 2. The van der Waals surface area contributed by atoms with Crippen molar-refractivity contribution in [3.8, 4) is 17.2 Å². The number of benzene rings is 3. The highest BCUT2D eigenvalue weighted by molar-refractivity contribution is 6.31. The van der Waals surface area contributed by atoms with Gasteiger partial charge in [0.15, 0.2) is 0 Å². The van der Waals surface area contributed by atoms with E-state index < -0.39 is 11.8 Å². The maximum atomic E-state index is 12.8. The largest absolute Gasteiger partial charge is 0.497 e. The van der Waals surface area contributed by atoms with Gasteiger partial charge in [0.05, 0.1) is 12.8 Å². The molecule has 7 nitrogen and oxygen atoms in total. The number of nitrogens with zero attached hydrogens (tertiary/aromatic N) is 1. The normalized spacial score (nSPS) is 14.4. The average Bonchev–Trinajstić information content (AvgIpc) is 3.12. The summed E-state index contributed by atoms with van der Waals surface area (Å²) in [6.07, 6.45) is 1.54. The summed E-state index contributed by atoms with van der Waals surface area (Å²) < 4.78 is 16.7. The Hall–Kier alpha value is -4.26. The molecule has 1 heterocycles. The van der Waals surface area contributed by atoms with Crippen LogP contribution in [0.25, 0.3) is 6.08 Å². The van der Waals surface area contributed by atoms with Gasteiger partial charge in [-0.2, -0.15) is 0 Å². The number of rotatable bonds is 8. The van der Waals surface area contributed by atoms with Gasteiger partial charge >= 0.3 is 0 Å². The first kappa shape index (κ1) is 21.0. The van der Waals surface area contributed by atoms with Crippen LogP contribution in [0, 0.1) is 0 Å². The van der Waals surface area contributed by atoms with Crippen molar-refractivity contribution in [2.45, 2.75) is 0 Å². The molecule has 1 fully saturated rings. The first-order valence-electron chi connectivity index (χ1n) is 10.1. The third-order valence-electron chi connectivity index (χ3n) is 4.78. The highest BCUT2D eigenvalue weighted by atomic mass is 16.5. The first-order valence-corrected chi connectivity index (χ1v) is 10.1. The van der Waals surface area contributed by atoms with Crippen LogP contribution in [0.4, 0.5) is 5.69 Å². The lowest BCUT2D eigenvalue weighted by Gasteiger charge is -2.14. The summed E-state index contributed by atoms with van der Waals surface area (Å²) >= 11 is 0. The molecule has 0 bridgehead atoms. The Balaban J connectivity index is 1.43. The topological polar surface area (TPSA) is 77.1 Å². The summed E-state index contributed by atoms with van der Waals surface area (Å²) in [7, 11) is 1.60. The summed E-state index contributed by atoms with van der Waals surface area (Å²) in [5, 5.41) is 1.24. The summed E-state index contributed by atoms with van der Waals surface area (Å²) in [4.78, 5) is 25.2. The van der Waals surface area contributed by atoms with E-state index in [1.165, 1.54) is 5.01 Å². The lowest BCUT2D eigenvalue weighted by molar-refractivity contribution is -0.117. The van der Waals surface area contributed by atoms with E-state index in [2.05, 4.69) is 5.43 Å². The maximum Gasteiger partial charge on any atom is 0.282 e. The molecule has 1 saturated heterocycles. The van der Waals surface area contributed by atoms with E-state index in [1.807, 2.05) is 36.4 Å². The third-order valence-corrected chi connectivity index (χ3v) is 4.78. The number of hydrogen-bond donors (Lipinski definition) is 1. The van der Waals surface area contributed by atoms with Gasteiger partial charge in [-0.25, -0.2) is 5.01 Å². The highest BCUT2D eigenvalue weighted by Crippen LogP contribution is 2.25. The molecule has 1 aliphatic rings. The van der Waals surface area contributed by atoms with Crippen LogP contribution in [0.5, 0.6) is 17.2 Å². The van der Waals surface area contributed by atoms with Crippen LogP contribution in [-0.4, -0.2) is 32.1 Å². The molecule has 0 saturated carbocycles. The number of carbonyl (C=O) groups is 2. The Morgan fingerprint density at radius 1 is 0.844 bits per heavy atom. The van der Waals surface area contributed by atoms with Gasteiger partial charge < -0.3 is 14.2 Å². The Kier molecular flexibility index (Phi) is 6.36. The summed E-state index contributed by atoms with van der Waals surface area (Å²) in [5.74, 6) is 1.06. The molecular weight excluding hydrogens is 408 g/mol. The predicted octanol–water partition coefficient (Wildman–Crippen LogP) is 3.61. The van der Waals surface area contributed by atoms with Crippen molar-refractivity contribution in [1.82, 2.24) is 5.43 Å². The Morgan fingerprint density at radius 3 is 2.38 bits per heavy atom. The van der Waals surface area contributed by atoms with Crippen LogP contribution in [0.15, 0.2) is 84.4 Å². The molecule has 0 aromatic heterocycles. The molecule has 0 spiro atoms. The molecule has 162 valence electrons. The van der Waals surface area contributed by atoms with Crippen molar-refractivity contribution < 1.29 is 23.8 Å². The number of nitrogens with one attached hydrogen (secondary N) is 1. The third kappa shape index (κ3) is 4.73. The molecule has 0 unspecified atom stereocenters. The van der Waals surface area contributed by atoms with E-state index in [1.54, 1.807) is 55.7 Å². The number of para-hydroxylation sites is 2. The molecule has 4 rings (SSSR count). The van der Waals surface area contributed by atoms with Crippen molar-refractivity contribution in [3.05, 3.63) is 90.0 Å². The van der Waals surface area contributed by atoms with E-state index in [4.69, 9.17) is 14.2 Å². The lowest BCUT2D eigenvalue weighted by atomic mass is 10.1. The molecule has 0 atom stereocenters. The van der Waals surface area contributed by atoms with Crippen molar-refractivity contribution in [2.24, 2.45) is 0 Å². The van der Waals surface area contributed by atoms with E-state index in [-0.39, 0.29) is 12.2 Å². The van der Waals surface area contributed by atoms with Crippen LogP contribution < -0.4 is 24.6 Å². The van der Waals surface area contributed by atoms with E-state index in [0.29, 0.717) is 35.1 Å². The molecule has 0 aliphatic carbocycles. The van der Waals surface area contributed by atoms with Crippen LogP contribution in [-0.2, 0) is 9.59 Å². The summed E-state index contributed by atoms with van der Waals surface area (Å²) in [5.41, 5.74) is 3.85. The number of methoxy groups -OCH3 is 1. The number of anilines is 1. The smallest absolute Gasteiger partial charge is 0.282 e.